The molecular formula is C10H10BrN3O3. The number of nitrogens with zero attached hydrogens (tertiary/aromatic N) is 3. The van der Waals surface area contributed by atoms with E-state index in [1.54, 1.807) is 0 Å². The fourth-order valence-corrected chi connectivity index (χ4v) is 2.20. The number of hydrogen-bond donors (Lipinski definition) is 0. The maximum atomic E-state index is 11.7. The van der Waals surface area contributed by atoms with Gasteiger partial charge in [0.25, 0.3) is 0 Å². The highest BCUT2D eigenvalue weighted by atomic mass is 79.9. The van der Waals surface area contributed by atoms with Gasteiger partial charge in [-0.05, 0) is 0 Å². The maximum absolute atomic E-state index is 11.7. The lowest BCUT2D eigenvalue weighted by Gasteiger charge is -2.16. The van der Waals surface area contributed by atoms with Crippen molar-refractivity contribution in [1.82, 2.24) is 9.97 Å². The molecule has 1 aliphatic heterocycles. The minimum Gasteiger partial charge on any atom is -0.464 e. The van der Waals surface area contributed by atoms with E-state index in [2.05, 4.69) is 30.6 Å². The first-order valence-electron chi connectivity index (χ1n) is 4.97. The summed E-state index contributed by atoms with van der Waals surface area (Å²) in [4.78, 5) is 32.7. The fraction of sp³-hybridized carbons (Fsp3) is 0.400. The van der Waals surface area contributed by atoms with Gasteiger partial charge in [-0.1, -0.05) is 15.9 Å². The molecule has 17 heavy (non-hydrogen) atoms. The van der Waals surface area contributed by atoms with E-state index in [1.165, 1.54) is 24.4 Å². The van der Waals surface area contributed by atoms with Crippen molar-refractivity contribution in [3.05, 3.63) is 18.1 Å². The molecule has 0 aliphatic carbocycles. The van der Waals surface area contributed by atoms with Crippen LogP contribution in [0, 0.1) is 0 Å². The minimum atomic E-state index is -0.598. The number of carbonyl (C=O) groups excluding carboxylic acids is 2. The van der Waals surface area contributed by atoms with Crippen molar-refractivity contribution in [1.29, 1.82) is 0 Å². The Morgan fingerprint density at radius 2 is 2.24 bits per heavy atom. The summed E-state index contributed by atoms with van der Waals surface area (Å²) < 4.78 is 4.61. The van der Waals surface area contributed by atoms with Crippen LogP contribution < -0.4 is 4.90 Å². The largest absolute Gasteiger partial charge is 0.464 e. The Bertz CT molecular complexity index is 466. The highest BCUT2D eigenvalue weighted by molar-refractivity contribution is 9.09. The summed E-state index contributed by atoms with van der Waals surface area (Å²) in [6.07, 6.45) is 3.22. The fourth-order valence-electron chi connectivity index (χ4n) is 1.64. The number of amides is 1. The zero-order valence-electron chi connectivity index (χ0n) is 9.09. The molecule has 1 aromatic heterocycles. The standard InChI is InChI=1S/C10H10BrN3O3/c1-17-10(16)8-9(13-3-2-12-8)14-5-6(11)4-7(14)15/h2-3,6H,4-5H2,1H3. The number of ether oxygens (including phenoxy) is 1. The van der Waals surface area contributed by atoms with Crippen molar-refractivity contribution in [2.24, 2.45) is 0 Å². The first-order chi connectivity index (χ1) is 8.13. The zero-order chi connectivity index (χ0) is 12.4. The summed E-state index contributed by atoms with van der Waals surface area (Å²) in [5.74, 6) is -0.428. The molecule has 2 rings (SSSR count). The van der Waals surface area contributed by atoms with Crippen LogP contribution in [0.2, 0.25) is 0 Å². The van der Waals surface area contributed by atoms with E-state index in [4.69, 9.17) is 0 Å². The van der Waals surface area contributed by atoms with E-state index in [-0.39, 0.29) is 22.2 Å². The Labute approximate surface area is 106 Å². The predicted octanol–water partition coefficient (Wildman–Crippen LogP) is 0.763. The van der Waals surface area contributed by atoms with E-state index in [1.807, 2.05) is 0 Å². The molecule has 7 heteroatoms. The highest BCUT2D eigenvalue weighted by Crippen LogP contribution is 2.25. The third kappa shape index (κ3) is 2.28. The van der Waals surface area contributed by atoms with Crippen LogP contribution in [0.15, 0.2) is 12.4 Å². The number of esters is 1. The Kier molecular flexibility index (Phi) is 3.37. The molecule has 0 aromatic carbocycles. The molecule has 90 valence electrons. The maximum Gasteiger partial charge on any atom is 0.360 e. The summed E-state index contributed by atoms with van der Waals surface area (Å²) in [7, 11) is 1.26. The minimum absolute atomic E-state index is 0.0601. The second kappa shape index (κ2) is 4.79. The normalized spacial score (nSPS) is 19.5. The quantitative estimate of drug-likeness (QED) is 0.595. The number of carbonyl (C=O) groups is 2. The number of alkyl halides is 1. The van der Waals surface area contributed by atoms with E-state index >= 15 is 0 Å². The molecule has 1 aliphatic rings. The van der Waals surface area contributed by atoms with Gasteiger partial charge in [0.05, 0.1) is 7.11 Å². The van der Waals surface area contributed by atoms with Crippen LogP contribution in [0.3, 0.4) is 0 Å². The van der Waals surface area contributed by atoms with Gasteiger partial charge in [0.1, 0.15) is 0 Å². The number of methoxy groups -OCH3 is 1. The topological polar surface area (TPSA) is 72.4 Å². The van der Waals surface area contributed by atoms with Crippen LogP contribution in [0.1, 0.15) is 16.9 Å². The van der Waals surface area contributed by atoms with E-state index < -0.39 is 5.97 Å². The number of halogens is 1. The van der Waals surface area contributed by atoms with Gasteiger partial charge in [-0.25, -0.2) is 14.8 Å². The Hall–Kier alpha value is -1.50. The van der Waals surface area contributed by atoms with Crippen LogP contribution in [0.25, 0.3) is 0 Å². The molecule has 1 saturated heterocycles. The predicted molar refractivity (Wildman–Crippen MR) is 63.1 cm³/mol. The molecule has 1 fully saturated rings. The summed E-state index contributed by atoms with van der Waals surface area (Å²) in [5, 5.41) is 0. The summed E-state index contributed by atoms with van der Waals surface area (Å²) in [5.41, 5.74) is 0.0601. The summed E-state index contributed by atoms with van der Waals surface area (Å²) >= 11 is 3.37. The van der Waals surface area contributed by atoms with Gasteiger partial charge in [-0.2, -0.15) is 0 Å². The average molecular weight is 300 g/mol. The SMILES string of the molecule is COC(=O)c1nccnc1N1CC(Br)CC1=O. The van der Waals surface area contributed by atoms with Crippen molar-refractivity contribution in [3.63, 3.8) is 0 Å². The molecular weight excluding hydrogens is 290 g/mol. The van der Waals surface area contributed by atoms with Gasteiger partial charge in [-0.15, -0.1) is 0 Å². The van der Waals surface area contributed by atoms with Gasteiger partial charge in [-0.3, -0.25) is 9.69 Å². The summed E-state index contributed by atoms with van der Waals surface area (Å²) in [6.45, 7) is 0.474. The van der Waals surface area contributed by atoms with Crippen molar-refractivity contribution >= 4 is 33.6 Å². The number of anilines is 1. The van der Waals surface area contributed by atoms with Crippen molar-refractivity contribution in [3.8, 4) is 0 Å². The molecule has 1 atom stereocenters. The number of aromatic nitrogens is 2. The molecule has 0 radical (unpaired) electrons. The molecule has 1 amide bonds. The second-order valence-electron chi connectivity index (χ2n) is 3.53. The van der Waals surface area contributed by atoms with Gasteiger partial charge in [0, 0.05) is 30.2 Å². The number of rotatable bonds is 2. The van der Waals surface area contributed by atoms with Crippen LogP contribution in [0.5, 0.6) is 0 Å². The smallest absolute Gasteiger partial charge is 0.360 e. The van der Waals surface area contributed by atoms with Crippen LogP contribution in [0.4, 0.5) is 5.82 Å². The van der Waals surface area contributed by atoms with Gasteiger partial charge >= 0.3 is 5.97 Å². The molecule has 2 heterocycles. The molecule has 0 spiro atoms. The first-order valence-corrected chi connectivity index (χ1v) is 5.88. The lowest BCUT2D eigenvalue weighted by atomic mass is 10.3. The Morgan fingerprint density at radius 3 is 2.82 bits per heavy atom. The molecule has 0 N–H and O–H groups in total. The van der Waals surface area contributed by atoms with Crippen LogP contribution in [-0.2, 0) is 9.53 Å². The van der Waals surface area contributed by atoms with Crippen molar-refractivity contribution in [2.45, 2.75) is 11.2 Å². The molecule has 6 nitrogen and oxygen atoms in total. The second-order valence-corrected chi connectivity index (χ2v) is 4.82. The van der Waals surface area contributed by atoms with E-state index in [9.17, 15) is 9.59 Å². The molecule has 0 bridgehead atoms. The van der Waals surface area contributed by atoms with Crippen LogP contribution >= 0.6 is 15.9 Å². The zero-order valence-corrected chi connectivity index (χ0v) is 10.7. The lowest BCUT2D eigenvalue weighted by Crippen LogP contribution is -2.28. The molecule has 1 unspecified atom stereocenters. The lowest BCUT2D eigenvalue weighted by molar-refractivity contribution is -0.117. The van der Waals surface area contributed by atoms with Crippen molar-refractivity contribution < 1.29 is 14.3 Å². The van der Waals surface area contributed by atoms with Gasteiger partial charge in [0.2, 0.25) is 5.91 Å². The Balaban J connectivity index is 2.38. The molecule has 1 aromatic rings. The summed E-state index contributed by atoms with van der Waals surface area (Å²) in [6, 6.07) is 0. The van der Waals surface area contributed by atoms with E-state index in [0.29, 0.717) is 13.0 Å². The average Bonchev–Trinajstić information content (AvgIpc) is 2.67. The third-order valence-electron chi connectivity index (χ3n) is 2.39. The molecule has 0 saturated carbocycles. The van der Waals surface area contributed by atoms with Gasteiger partial charge in [0.15, 0.2) is 11.5 Å². The monoisotopic (exact) mass is 299 g/mol. The number of hydrogen-bond acceptors (Lipinski definition) is 5. The van der Waals surface area contributed by atoms with Crippen molar-refractivity contribution in [2.75, 3.05) is 18.6 Å². The third-order valence-corrected chi connectivity index (χ3v) is 3.00. The Morgan fingerprint density at radius 1 is 1.53 bits per heavy atom. The van der Waals surface area contributed by atoms with E-state index in [0.717, 1.165) is 0 Å². The van der Waals surface area contributed by atoms with Gasteiger partial charge < -0.3 is 4.74 Å². The highest BCUT2D eigenvalue weighted by Gasteiger charge is 2.32. The first kappa shape index (κ1) is 12.0. The van der Waals surface area contributed by atoms with Crippen LogP contribution in [-0.4, -0.2) is 40.3 Å².